The summed E-state index contributed by atoms with van der Waals surface area (Å²) in [7, 11) is 0. The number of rotatable bonds is 7. The summed E-state index contributed by atoms with van der Waals surface area (Å²) in [6, 6.07) is 33.9. The van der Waals surface area contributed by atoms with Crippen LogP contribution in [-0.4, -0.2) is 12.4 Å². The fourth-order valence-corrected chi connectivity index (χ4v) is 3.68. The Balaban J connectivity index is 1.55. The second-order valence-corrected chi connectivity index (χ2v) is 7.41. The van der Waals surface area contributed by atoms with E-state index in [-0.39, 0.29) is 11.7 Å². The molecule has 0 radical (unpaired) electrons. The molecule has 0 N–H and O–H groups in total. The third-order valence-corrected chi connectivity index (χ3v) is 5.25. The largest absolute Gasteiger partial charge is 0.364 e. The van der Waals surface area contributed by atoms with E-state index in [1.54, 1.807) is 0 Å². The topological polar surface area (TPSA) is 26.3 Å². The minimum Gasteiger partial charge on any atom is -0.364 e. The molecule has 4 aromatic carbocycles. The zero-order valence-corrected chi connectivity index (χ0v) is 17.3. The van der Waals surface area contributed by atoms with Crippen LogP contribution in [0.4, 0.5) is 0 Å². The van der Waals surface area contributed by atoms with Crippen molar-refractivity contribution in [2.24, 2.45) is 0 Å². The lowest BCUT2D eigenvalue weighted by atomic mass is 9.88. The van der Waals surface area contributed by atoms with E-state index in [9.17, 15) is 4.79 Å². The van der Waals surface area contributed by atoms with Crippen LogP contribution < -0.4 is 0 Å². The average molecular weight is 405 g/mol. The fourth-order valence-electron chi connectivity index (χ4n) is 3.68. The lowest BCUT2D eigenvalue weighted by molar-refractivity contribution is 0.0979. The molecule has 0 fully saturated rings. The van der Waals surface area contributed by atoms with Gasteiger partial charge in [0, 0.05) is 12.0 Å². The van der Waals surface area contributed by atoms with Gasteiger partial charge in [0.2, 0.25) is 0 Å². The number of fused-ring (bicyclic) bond motifs is 1. The Morgan fingerprint density at radius 3 is 2.26 bits per heavy atom. The van der Waals surface area contributed by atoms with Gasteiger partial charge in [-0.1, -0.05) is 115 Å². The first-order valence-corrected chi connectivity index (χ1v) is 10.5. The van der Waals surface area contributed by atoms with Crippen LogP contribution in [-0.2, 0) is 11.3 Å². The van der Waals surface area contributed by atoms with E-state index >= 15 is 0 Å². The zero-order chi connectivity index (χ0) is 21.3. The first kappa shape index (κ1) is 20.6. The quantitative estimate of drug-likeness (QED) is 0.202. The Kier molecular flexibility index (Phi) is 6.90. The zero-order valence-electron chi connectivity index (χ0n) is 17.3. The maximum absolute atomic E-state index is 12.9. The molecule has 2 nitrogen and oxygen atoms in total. The molecule has 2 heteroatoms. The van der Waals surface area contributed by atoms with Crippen molar-refractivity contribution in [2.45, 2.75) is 18.9 Å². The number of Topliss-reactive ketones (excluding diaryl/α,β-unsaturated/α-hetero) is 1. The third kappa shape index (κ3) is 5.48. The van der Waals surface area contributed by atoms with Crippen molar-refractivity contribution in [3.05, 3.63) is 120 Å². The van der Waals surface area contributed by atoms with Gasteiger partial charge in [-0.25, -0.2) is 0 Å². The second kappa shape index (κ2) is 10.4. The van der Waals surface area contributed by atoms with Crippen molar-refractivity contribution >= 4 is 16.6 Å². The number of carbonyl (C=O) groups is 1. The molecular formula is C29H24O2. The minimum absolute atomic E-state index is 0.0954. The van der Waals surface area contributed by atoms with Gasteiger partial charge in [-0.3, -0.25) is 4.79 Å². The van der Waals surface area contributed by atoms with Crippen molar-refractivity contribution in [3.8, 4) is 11.8 Å². The van der Waals surface area contributed by atoms with Crippen molar-refractivity contribution < 1.29 is 9.53 Å². The summed E-state index contributed by atoms with van der Waals surface area (Å²) < 4.78 is 5.72. The van der Waals surface area contributed by atoms with Crippen LogP contribution in [0.3, 0.4) is 0 Å². The fraction of sp³-hybridized carbons (Fsp3) is 0.138. The maximum atomic E-state index is 12.9. The first-order valence-electron chi connectivity index (χ1n) is 10.5. The van der Waals surface area contributed by atoms with Gasteiger partial charge in [0.25, 0.3) is 0 Å². The van der Waals surface area contributed by atoms with Gasteiger partial charge in [-0.2, -0.15) is 0 Å². The monoisotopic (exact) mass is 404 g/mol. The Morgan fingerprint density at radius 2 is 1.45 bits per heavy atom. The summed E-state index contributed by atoms with van der Waals surface area (Å²) in [6.07, 6.45) is 0.337. The molecule has 152 valence electrons. The molecule has 0 heterocycles. The van der Waals surface area contributed by atoms with E-state index in [1.807, 2.05) is 78.9 Å². The normalized spacial score (nSPS) is 11.5. The SMILES string of the molecule is O=C(C[C@@H](C#CCOCc1ccccc1)c1cccc2ccccc12)c1ccccc1. The van der Waals surface area contributed by atoms with E-state index in [0.717, 1.165) is 27.5 Å². The molecule has 0 saturated heterocycles. The lowest BCUT2D eigenvalue weighted by Crippen LogP contribution is -2.07. The van der Waals surface area contributed by atoms with E-state index < -0.39 is 0 Å². The number of hydrogen-bond donors (Lipinski definition) is 0. The standard InChI is InChI=1S/C29H24O2/c30-29(25-14-5-2-6-15-25)21-26(17-10-20-31-22-23-11-3-1-4-12-23)28-19-9-16-24-13-7-8-18-27(24)28/h1-9,11-16,18-19,26H,20-22H2/t26-/m1/s1. The second-order valence-electron chi connectivity index (χ2n) is 7.41. The molecule has 31 heavy (non-hydrogen) atoms. The number of ketones is 1. The lowest BCUT2D eigenvalue weighted by Gasteiger charge is -2.14. The molecule has 0 saturated carbocycles. The summed E-state index contributed by atoms with van der Waals surface area (Å²) in [5.74, 6) is 6.37. The van der Waals surface area contributed by atoms with E-state index in [2.05, 4.69) is 36.1 Å². The number of benzene rings is 4. The summed E-state index contributed by atoms with van der Waals surface area (Å²) >= 11 is 0. The molecule has 1 atom stereocenters. The molecule has 0 amide bonds. The summed E-state index contributed by atoms with van der Waals surface area (Å²) in [6.45, 7) is 0.854. The highest BCUT2D eigenvalue weighted by molar-refractivity contribution is 5.97. The van der Waals surface area contributed by atoms with Gasteiger partial charge in [0.05, 0.1) is 12.5 Å². The van der Waals surface area contributed by atoms with Gasteiger partial charge < -0.3 is 4.74 Å². The van der Waals surface area contributed by atoms with Crippen LogP contribution >= 0.6 is 0 Å². The number of hydrogen-bond acceptors (Lipinski definition) is 2. The van der Waals surface area contributed by atoms with Gasteiger partial charge in [0.15, 0.2) is 5.78 Å². The highest BCUT2D eigenvalue weighted by Crippen LogP contribution is 2.28. The Morgan fingerprint density at radius 1 is 0.774 bits per heavy atom. The van der Waals surface area contributed by atoms with Gasteiger partial charge in [-0.15, -0.1) is 0 Å². The molecule has 0 unspecified atom stereocenters. The van der Waals surface area contributed by atoms with Crippen LogP contribution in [0.5, 0.6) is 0 Å². The van der Waals surface area contributed by atoms with Gasteiger partial charge in [-0.05, 0) is 21.9 Å². The van der Waals surface area contributed by atoms with Crippen molar-refractivity contribution in [2.75, 3.05) is 6.61 Å². The summed E-state index contributed by atoms with van der Waals surface area (Å²) in [4.78, 5) is 12.9. The molecule has 0 aliphatic rings. The predicted molar refractivity (Wildman–Crippen MR) is 126 cm³/mol. The van der Waals surface area contributed by atoms with Crippen LogP contribution in [0.15, 0.2) is 103 Å². The number of ether oxygens (including phenoxy) is 1. The molecule has 0 spiro atoms. The number of carbonyl (C=O) groups excluding carboxylic acids is 1. The summed E-state index contributed by atoms with van der Waals surface area (Å²) in [5.41, 5.74) is 2.92. The summed E-state index contributed by atoms with van der Waals surface area (Å²) in [5, 5.41) is 2.29. The molecule has 4 aromatic rings. The van der Waals surface area contributed by atoms with E-state index in [0.29, 0.717) is 19.6 Å². The van der Waals surface area contributed by atoms with E-state index in [1.165, 1.54) is 0 Å². The van der Waals surface area contributed by atoms with Crippen molar-refractivity contribution in [3.63, 3.8) is 0 Å². The molecule has 0 aliphatic carbocycles. The highest BCUT2D eigenvalue weighted by Gasteiger charge is 2.17. The third-order valence-electron chi connectivity index (χ3n) is 5.25. The Hall–Kier alpha value is -3.67. The van der Waals surface area contributed by atoms with Crippen LogP contribution in [0.1, 0.15) is 33.8 Å². The Bertz CT molecular complexity index is 1200. The van der Waals surface area contributed by atoms with Gasteiger partial charge in [0.1, 0.15) is 6.61 Å². The molecular weight excluding hydrogens is 380 g/mol. The van der Waals surface area contributed by atoms with E-state index in [4.69, 9.17) is 4.74 Å². The molecule has 4 rings (SSSR count). The average Bonchev–Trinajstić information content (AvgIpc) is 2.84. The molecule has 0 bridgehead atoms. The molecule has 0 aromatic heterocycles. The van der Waals surface area contributed by atoms with Crippen LogP contribution in [0.2, 0.25) is 0 Å². The van der Waals surface area contributed by atoms with Crippen molar-refractivity contribution in [1.29, 1.82) is 0 Å². The molecule has 0 aliphatic heterocycles. The Labute approximate surface area is 183 Å². The minimum atomic E-state index is -0.195. The van der Waals surface area contributed by atoms with Crippen molar-refractivity contribution in [1.82, 2.24) is 0 Å². The smallest absolute Gasteiger partial charge is 0.164 e. The first-order chi connectivity index (χ1) is 15.3. The highest BCUT2D eigenvalue weighted by atomic mass is 16.5. The van der Waals surface area contributed by atoms with Crippen LogP contribution in [0.25, 0.3) is 10.8 Å². The maximum Gasteiger partial charge on any atom is 0.164 e. The van der Waals surface area contributed by atoms with Crippen LogP contribution in [0, 0.1) is 11.8 Å². The van der Waals surface area contributed by atoms with Gasteiger partial charge >= 0.3 is 0 Å². The predicted octanol–water partition coefficient (Wildman–Crippen LogP) is 6.42.